The standard InChI is InChI=1S/C30H29NO6/c1-18-9-11-19(12-10-18)17-35-24-14-13-20(15-25(24)34-4)26(22-16-31-23-8-6-5-7-21(22)23)27-28(32)36-30(2,3)37-29(27)33/h5-16,26-27,31H,17H2,1-4H3/t26-/m1/s1. The Morgan fingerprint density at radius 3 is 2.35 bits per heavy atom. The van der Waals surface area contributed by atoms with Crippen LogP contribution < -0.4 is 9.47 Å². The van der Waals surface area contributed by atoms with Crippen molar-refractivity contribution in [2.45, 2.75) is 39.1 Å². The van der Waals surface area contributed by atoms with Crippen molar-refractivity contribution in [2.24, 2.45) is 5.92 Å². The first-order chi connectivity index (χ1) is 17.8. The molecule has 0 aliphatic carbocycles. The molecule has 1 saturated heterocycles. The number of carbonyl (C=O) groups excluding carboxylic acids is 2. The van der Waals surface area contributed by atoms with Crippen LogP contribution in [0.1, 0.15) is 42.0 Å². The van der Waals surface area contributed by atoms with E-state index in [1.807, 2.05) is 67.7 Å². The van der Waals surface area contributed by atoms with Crippen LogP contribution in [-0.4, -0.2) is 29.8 Å². The second kappa shape index (κ2) is 9.65. The number of aromatic nitrogens is 1. The number of aryl methyl sites for hydroxylation is 1. The van der Waals surface area contributed by atoms with Gasteiger partial charge in [-0.05, 0) is 41.8 Å². The number of aromatic amines is 1. The lowest BCUT2D eigenvalue weighted by Crippen LogP contribution is -2.48. The monoisotopic (exact) mass is 499 g/mol. The molecule has 1 aliphatic heterocycles. The Hall–Kier alpha value is -4.26. The highest BCUT2D eigenvalue weighted by molar-refractivity contribution is 5.99. The van der Waals surface area contributed by atoms with E-state index in [4.69, 9.17) is 18.9 Å². The van der Waals surface area contributed by atoms with E-state index in [1.54, 1.807) is 33.1 Å². The second-order valence-electron chi connectivity index (χ2n) is 9.67. The fourth-order valence-corrected chi connectivity index (χ4v) is 4.75. The van der Waals surface area contributed by atoms with E-state index in [-0.39, 0.29) is 0 Å². The Morgan fingerprint density at radius 2 is 1.65 bits per heavy atom. The summed E-state index contributed by atoms with van der Waals surface area (Å²) in [6.45, 7) is 5.50. The Bertz CT molecular complexity index is 1430. The van der Waals surface area contributed by atoms with Gasteiger partial charge >= 0.3 is 11.9 Å². The van der Waals surface area contributed by atoms with Crippen LogP contribution in [0.25, 0.3) is 10.9 Å². The lowest BCUT2D eigenvalue weighted by atomic mass is 9.80. The van der Waals surface area contributed by atoms with Gasteiger partial charge in [-0.25, -0.2) is 0 Å². The summed E-state index contributed by atoms with van der Waals surface area (Å²) in [7, 11) is 1.56. The summed E-state index contributed by atoms with van der Waals surface area (Å²) in [5, 5.41) is 0.900. The van der Waals surface area contributed by atoms with Gasteiger partial charge in [0.1, 0.15) is 6.61 Å². The zero-order valence-corrected chi connectivity index (χ0v) is 21.2. The summed E-state index contributed by atoms with van der Waals surface area (Å²) >= 11 is 0. The van der Waals surface area contributed by atoms with Gasteiger partial charge in [0.15, 0.2) is 17.4 Å². The van der Waals surface area contributed by atoms with Crippen LogP contribution in [0.2, 0.25) is 0 Å². The van der Waals surface area contributed by atoms with Crippen LogP contribution in [0.3, 0.4) is 0 Å². The molecule has 7 nitrogen and oxygen atoms in total. The Labute approximate surface area is 215 Å². The van der Waals surface area contributed by atoms with Gasteiger partial charge in [0.25, 0.3) is 5.79 Å². The van der Waals surface area contributed by atoms with Crippen molar-refractivity contribution < 1.29 is 28.5 Å². The van der Waals surface area contributed by atoms with Crippen molar-refractivity contribution in [1.29, 1.82) is 0 Å². The molecule has 0 unspecified atom stereocenters. The number of H-pyrrole nitrogens is 1. The number of fused-ring (bicyclic) bond motifs is 1. The number of ether oxygens (including phenoxy) is 4. The first kappa shape index (κ1) is 24.4. The molecule has 4 aromatic rings. The minimum atomic E-state index is -1.32. The largest absolute Gasteiger partial charge is 0.493 e. The third-order valence-electron chi connectivity index (χ3n) is 6.55. The van der Waals surface area contributed by atoms with Gasteiger partial charge in [0.05, 0.1) is 7.11 Å². The maximum atomic E-state index is 13.2. The quantitative estimate of drug-likeness (QED) is 0.261. The lowest BCUT2D eigenvalue weighted by molar-refractivity contribution is -0.240. The third-order valence-corrected chi connectivity index (χ3v) is 6.55. The Kier molecular flexibility index (Phi) is 6.38. The van der Waals surface area contributed by atoms with E-state index < -0.39 is 29.6 Å². The summed E-state index contributed by atoms with van der Waals surface area (Å²) < 4.78 is 22.7. The number of methoxy groups -OCH3 is 1. The number of hydrogen-bond donors (Lipinski definition) is 1. The Morgan fingerprint density at radius 1 is 0.946 bits per heavy atom. The molecule has 1 aromatic heterocycles. The summed E-state index contributed by atoms with van der Waals surface area (Å²) in [6, 6.07) is 21.3. The zero-order valence-electron chi connectivity index (χ0n) is 21.2. The van der Waals surface area contributed by atoms with Gasteiger partial charge in [-0.3, -0.25) is 9.59 Å². The van der Waals surface area contributed by atoms with Gasteiger partial charge in [0.2, 0.25) is 0 Å². The van der Waals surface area contributed by atoms with Crippen LogP contribution >= 0.6 is 0 Å². The summed E-state index contributed by atoms with van der Waals surface area (Å²) in [5.74, 6) is -3.39. The minimum absolute atomic E-state index is 0.373. The van der Waals surface area contributed by atoms with Crippen LogP contribution in [0.5, 0.6) is 11.5 Å². The summed E-state index contributed by atoms with van der Waals surface area (Å²) in [5.41, 5.74) is 4.58. The molecular weight excluding hydrogens is 470 g/mol. The molecule has 37 heavy (non-hydrogen) atoms. The molecule has 0 amide bonds. The second-order valence-corrected chi connectivity index (χ2v) is 9.67. The predicted octanol–water partition coefficient (Wildman–Crippen LogP) is 5.65. The average Bonchev–Trinajstić information content (AvgIpc) is 3.29. The maximum Gasteiger partial charge on any atom is 0.324 e. The smallest absolute Gasteiger partial charge is 0.324 e. The van der Waals surface area contributed by atoms with Crippen molar-refractivity contribution in [3.05, 3.63) is 95.2 Å². The molecule has 1 fully saturated rings. The first-order valence-corrected chi connectivity index (χ1v) is 12.1. The van der Waals surface area contributed by atoms with E-state index in [9.17, 15) is 9.59 Å². The molecule has 5 rings (SSSR count). The highest BCUT2D eigenvalue weighted by Gasteiger charge is 2.48. The van der Waals surface area contributed by atoms with Crippen LogP contribution in [-0.2, 0) is 25.7 Å². The minimum Gasteiger partial charge on any atom is -0.493 e. The number of nitrogens with one attached hydrogen (secondary N) is 1. The van der Waals surface area contributed by atoms with E-state index in [0.29, 0.717) is 23.7 Å². The van der Waals surface area contributed by atoms with E-state index >= 15 is 0 Å². The number of cyclic esters (lactones) is 2. The van der Waals surface area contributed by atoms with Crippen molar-refractivity contribution in [3.8, 4) is 11.5 Å². The number of hydrogen-bond acceptors (Lipinski definition) is 6. The van der Waals surface area contributed by atoms with Crippen LogP contribution in [0.4, 0.5) is 0 Å². The van der Waals surface area contributed by atoms with E-state index in [2.05, 4.69) is 4.98 Å². The highest BCUT2D eigenvalue weighted by atomic mass is 16.7. The maximum absolute atomic E-state index is 13.2. The van der Waals surface area contributed by atoms with Gasteiger partial charge in [-0.2, -0.15) is 0 Å². The number of carbonyl (C=O) groups is 2. The lowest BCUT2D eigenvalue weighted by Gasteiger charge is -2.36. The van der Waals surface area contributed by atoms with Gasteiger partial charge < -0.3 is 23.9 Å². The molecule has 1 aliphatic rings. The van der Waals surface area contributed by atoms with Crippen LogP contribution in [0, 0.1) is 12.8 Å². The van der Waals surface area contributed by atoms with Crippen molar-refractivity contribution in [1.82, 2.24) is 4.98 Å². The first-order valence-electron chi connectivity index (χ1n) is 12.1. The molecule has 0 radical (unpaired) electrons. The van der Waals surface area contributed by atoms with Crippen LogP contribution in [0.15, 0.2) is 72.9 Å². The number of para-hydroxylation sites is 1. The molecule has 0 spiro atoms. The molecule has 0 bridgehead atoms. The average molecular weight is 500 g/mol. The molecule has 0 saturated carbocycles. The fraction of sp³-hybridized carbons (Fsp3) is 0.267. The predicted molar refractivity (Wildman–Crippen MR) is 138 cm³/mol. The third kappa shape index (κ3) is 4.89. The molecular formula is C30H29NO6. The summed E-state index contributed by atoms with van der Waals surface area (Å²) in [6.07, 6.45) is 1.82. The van der Waals surface area contributed by atoms with Gasteiger partial charge in [0, 0.05) is 36.9 Å². The topological polar surface area (TPSA) is 86.9 Å². The van der Waals surface area contributed by atoms with Crippen molar-refractivity contribution >= 4 is 22.8 Å². The summed E-state index contributed by atoms with van der Waals surface area (Å²) in [4.78, 5) is 29.6. The molecule has 1 atom stereocenters. The molecule has 190 valence electrons. The van der Waals surface area contributed by atoms with Crippen molar-refractivity contribution in [3.63, 3.8) is 0 Å². The zero-order chi connectivity index (χ0) is 26.2. The normalized spacial score (nSPS) is 16.2. The number of rotatable bonds is 7. The van der Waals surface area contributed by atoms with Gasteiger partial charge in [-0.15, -0.1) is 0 Å². The van der Waals surface area contributed by atoms with Gasteiger partial charge in [-0.1, -0.05) is 54.1 Å². The number of benzene rings is 3. The number of esters is 2. The van der Waals surface area contributed by atoms with Crippen molar-refractivity contribution in [2.75, 3.05) is 7.11 Å². The van der Waals surface area contributed by atoms with E-state index in [1.165, 1.54) is 5.56 Å². The van der Waals surface area contributed by atoms with E-state index in [0.717, 1.165) is 22.0 Å². The molecule has 1 N–H and O–H groups in total. The Balaban J connectivity index is 1.54. The highest BCUT2D eigenvalue weighted by Crippen LogP contribution is 2.43. The molecule has 2 heterocycles. The fourth-order valence-electron chi connectivity index (χ4n) is 4.75. The SMILES string of the molecule is COc1cc([C@H](c2c[nH]c3ccccc23)C2C(=O)OC(C)(C)OC2=O)ccc1OCc1ccc(C)cc1. The molecule has 7 heteroatoms. The molecule has 3 aromatic carbocycles.